The number of aromatic nitrogens is 1. The van der Waals surface area contributed by atoms with E-state index in [4.69, 9.17) is 13.7 Å². The molecule has 1 atom stereocenters. The predicted molar refractivity (Wildman–Crippen MR) is 87.2 cm³/mol. The van der Waals surface area contributed by atoms with Gasteiger partial charge >= 0.3 is 5.97 Å². The number of furan rings is 1. The summed E-state index contributed by atoms with van der Waals surface area (Å²) in [7, 11) is 0. The lowest BCUT2D eigenvalue weighted by Gasteiger charge is -2.11. The van der Waals surface area contributed by atoms with Gasteiger partial charge in [-0.15, -0.1) is 0 Å². The van der Waals surface area contributed by atoms with E-state index in [-0.39, 0.29) is 24.5 Å². The van der Waals surface area contributed by atoms with Crippen molar-refractivity contribution in [2.24, 2.45) is 0 Å². The summed E-state index contributed by atoms with van der Waals surface area (Å²) in [6.07, 6.45) is -0.671. The second-order valence-electron chi connectivity index (χ2n) is 5.69. The number of nitrogens with one attached hydrogen (secondary N) is 1. The molecule has 0 spiro atoms. The minimum Gasteiger partial charge on any atom is -0.466 e. The van der Waals surface area contributed by atoms with Crippen LogP contribution < -0.4 is 5.32 Å². The van der Waals surface area contributed by atoms with Gasteiger partial charge in [-0.1, -0.05) is 5.16 Å². The van der Waals surface area contributed by atoms with E-state index in [9.17, 15) is 14.4 Å². The van der Waals surface area contributed by atoms with Gasteiger partial charge in [0.15, 0.2) is 11.9 Å². The fourth-order valence-electron chi connectivity index (χ4n) is 2.20. The molecule has 2 rings (SSSR count). The van der Waals surface area contributed by atoms with Crippen LogP contribution in [0, 0.1) is 13.8 Å². The Balaban J connectivity index is 1.82. The number of rotatable bonds is 7. The maximum Gasteiger partial charge on any atom is 0.307 e. The molecule has 8 nitrogen and oxygen atoms in total. The fraction of sp³-hybridized carbons (Fsp3) is 0.412. The number of carbonyl (C=O) groups is 3. The number of anilines is 1. The summed E-state index contributed by atoms with van der Waals surface area (Å²) in [5.41, 5.74) is 1.12. The van der Waals surface area contributed by atoms with Crippen LogP contribution in [0.4, 0.5) is 5.88 Å². The third-order valence-electron chi connectivity index (χ3n) is 3.48. The number of aryl methyl sites for hydroxylation is 3. The lowest BCUT2D eigenvalue weighted by molar-refractivity contribution is -0.153. The number of Topliss-reactive ketones (excluding diaryl/α,β-unsaturated/α-hetero) is 1. The largest absolute Gasteiger partial charge is 0.466 e. The average Bonchev–Trinajstić information content (AvgIpc) is 3.10. The molecule has 2 heterocycles. The van der Waals surface area contributed by atoms with E-state index < -0.39 is 18.0 Å². The zero-order valence-electron chi connectivity index (χ0n) is 14.5. The number of carbonyl (C=O) groups excluding carboxylic acids is 3. The molecule has 0 radical (unpaired) electrons. The second-order valence-corrected chi connectivity index (χ2v) is 5.69. The Morgan fingerprint density at radius 1 is 1.28 bits per heavy atom. The van der Waals surface area contributed by atoms with Gasteiger partial charge in [-0.3, -0.25) is 19.7 Å². The van der Waals surface area contributed by atoms with Gasteiger partial charge in [-0.2, -0.15) is 0 Å². The molecule has 0 saturated heterocycles. The fourth-order valence-corrected chi connectivity index (χ4v) is 2.20. The summed E-state index contributed by atoms with van der Waals surface area (Å²) >= 11 is 0. The van der Waals surface area contributed by atoms with Gasteiger partial charge in [-0.05, 0) is 33.8 Å². The Morgan fingerprint density at radius 3 is 2.56 bits per heavy atom. The maximum atomic E-state index is 11.9. The Bertz CT molecular complexity index is 789. The Labute approximate surface area is 144 Å². The molecule has 0 aliphatic rings. The number of ether oxygens (including phenoxy) is 1. The topological polar surface area (TPSA) is 112 Å². The third kappa shape index (κ3) is 5.03. The van der Waals surface area contributed by atoms with Crippen LogP contribution in [0.5, 0.6) is 0 Å². The monoisotopic (exact) mass is 348 g/mol. The lowest BCUT2D eigenvalue weighted by Crippen LogP contribution is -2.29. The number of esters is 1. The maximum absolute atomic E-state index is 11.9. The van der Waals surface area contributed by atoms with E-state index in [1.807, 2.05) is 0 Å². The molecule has 2 aromatic rings. The van der Waals surface area contributed by atoms with Crippen molar-refractivity contribution >= 4 is 23.5 Å². The molecule has 0 aliphatic carbocycles. The van der Waals surface area contributed by atoms with Crippen molar-refractivity contribution < 1.29 is 28.1 Å². The first-order chi connectivity index (χ1) is 11.8. The molecule has 0 aliphatic heterocycles. The zero-order chi connectivity index (χ0) is 18.6. The van der Waals surface area contributed by atoms with Crippen molar-refractivity contribution in [2.75, 3.05) is 5.32 Å². The van der Waals surface area contributed by atoms with E-state index >= 15 is 0 Å². The highest BCUT2D eigenvalue weighted by Gasteiger charge is 2.20. The highest BCUT2D eigenvalue weighted by molar-refractivity contribution is 5.95. The molecular formula is C17H20N2O6. The summed E-state index contributed by atoms with van der Waals surface area (Å²) in [4.78, 5) is 35.2. The summed E-state index contributed by atoms with van der Waals surface area (Å²) in [6.45, 7) is 6.32. The SMILES string of the molecule is CC(=O)c1cc(CCC(=O)O[C@@H](C)C(=O)Nc2cc(C)no2)oc1C. The summed E-state index contributed by atoms with van der Waals surface area (Å²) in [5, 5.41) is 6.11. The molecule has 0 bridgehead atoms. The zero-order valence-corrected chi connectivity index (χ0v) is 14.5. The standard InChI is InChI=1S/C17H20N2O6/c1-9-7-15(25-19-9)18-17(22)12(4)24-16(21)6-5-13-8-14(10(2)20)11(3)23-13/h7-8,12H,5-6H2,1-4H3,(H,18,22)/t12-/m0/s1. The number of amides is 1. The Morgan fingerprint density at radius 2 is 2.00 bits per heavy atom. The molecule has 0 unspecified atom stereocenters. The van der Waals surface area contributed by atoms with Gasteiger partial charge in [0.2, 0.25) is 5.88 Å². The van der Waals surface area contributed by atoms with Crippen LogP contribution in [-0.2, 0) is 20.7 Å². The molecule has 25 heavy (non-hydrogen) atoms. The number of hydrogen-bond acceptors (Lipinski definition) is 7. The molecule has 1 N–H and O–H groups in total. The Kier molecular flexibility index (Phi) is 5.74. The summed E-state index contributed by atoms with van der Waals surface area (Å²) in [6, 6.07) is 3.17. The molecule has 2 aromatic heterocycles. The van der Waals surface area contributed by atoms with Gasteiger partial charge in [0.1, 0.15) is 11.5 Å². The number of ketones is 1. The van der Waals surface area contributed by atoms with Crippen molar-refractivity contribution in [1.82, 2.24) is 5.16 Å². The normalized spacial score (nSPS) is 11.8. The molecule has 0 saturated carbocycles. The minimum atomic E-state index is -0.982. The number of hydrogen-bond donors (Lipinski definition) is 1. The van der Waals surface area contributed by atoms with Crippen LogP contribution in [0.3, 0.4) is 0 Å². The summed E-state index contributed by atoms with van der Waals surface area (Å²) in [5.74, 6) is 0.0723. The molecule has 134 valence electrons. The molecule has 1 amide bonds. The molecule has 0 fully saturated rings. The van der Waals surface area contributed by atoms with E-state index in [0.29, 0.717) is 22.8 Å². The van der Waals surface area contributed by atoms with Crippen LogP contribution in [0.25, 0.3) is 0 Å². The second kappa shape index (κ2) is 7.78. The van der Waals surface area contributed by atoms with E-state index in [0.717, 1.165) is 0 Å². The highest BCUT2D eigenvalue weighted by atomic mass is 16.5. The highest BCUT2D eigenvalue weighted by Crippen LogP contribution is 2.17. The van der Waals surface area contributed by atoms with Gasteiger partial charge < -0.3 is 13.7 Å². The first kappa shape index (κ1) is 18.4. The van der Waals surface area contributed by atoms with Crippen LogP contribution in [0.1, 0.15) is 47.8 Å². The molecule has 0 aromatic carbocycles. The van der Waals surface area contributed by atoms with Crippen molar-refractivity contribution in [1.29, 1.82) is 0 Å². The first-order valence-corrected chi connectivity index (χ1v) is 7.80. The lowest BCUT2D eigenvalue weighted by atomic mass is 10.1. The van der Waals surface area contributed by atoms with Gasteiger partial charge in [-0.25, -0.2) is 0 Å². The quantitative estimate of drug-likeness (QED) is 0.604. The smallest absolute Gasteiger partial charge is 0.307 e. The van der Waals surface area contributed by atoms with E-state index in [1.165, 1.54) is 13.8 Å². The minimum absolute atomic E-state index is 0.0311. The third-order valence-corrected chi connectivity index (χ3v) is 3.48. The van der Waals surface area contributed by atoms with Gasteiger partial charge in [0, 0.05) is 12.5 Å². The van der Waals surface area contributed by atoms with Crippen molar-refractivity contribution in [3.8, 4) is 0 Å². The number of nitrogens with zero attached hydrogens (tertiary/aromatic N) is 1. The Hall–Kier alpha value is -2.90. The molecular weight excluding hydrogens is 328 g/mol. The van der Waals surface area contributed by atoms with Crippen molar-refractivity contribution in [3.63, 3.8) is 0 Å². The van der Waals surface area contributed by atoms with E-state index in [1.54, 1.807) is 26.0 Å². The van der Waals surface area contributed by atoms with Gasteiger partial charge in [0.25, 0.3) is 5.91 Å². The molecule has 8 heteroatoms. The van der Waals surface area contributed by atoms with Crippen molar-refractivity contribution in [2.45, 2.75) is 46.6 Å². The van der Waals surface area contributed by atoms with Crippen LogP contribution in [-0.4, -0.2) is 28.9 Å². The first-order valence-electron chi connectivity index (χ1n) is 7.80. The van der Waals surface area contributed by atoms with E-state index in [2.05, 4.69) is 10.5 Å². The van der Waals surface area contributed by atoms with Crippen LogP contribution in [0.15, 0.2) is 21.1 Å². The van der Waals surface area contributed by atoms with Crippen LogP contribution >= 0.6 is 0 Å². The van der Waals surface area contributed by atoms with Crippen molar-refractivity contribution in [3.05, 3.63) is 34.9 Å². The van der Waals surface area contributed by atoms with Gasteiger partial charge in [0.05, 0.1) is 17.7 Å². The predicted octanol–water partition coefficient (Wildman–Crippen LogP) is 2.59. The summed E-state index contributed by atoms with van der Waals surface area (Å²) < 4.78 is 15.4. The average molecular weight is 348 g/mol. The van der Waals surface area contributed by atoms with Crippen LogP contribution in [0.2, 0.25) is 0 Å².